The predicted octanol–water partition coefficient (Wildman–Crippen LogP) is 4.32. The molecule has 1 aliphatic heterocycles. The van der Waals surface area contributed by atoms with Crippen molar-refractivity contribution in [2.24, 2.45) is 5.92 Å². The zero-order valence-electron chi connectivity index (χ0n) is 19.1. The van der Waals surface area contributed by atoms with Crippen molar-refractivity contribution >= 4 is 30.0 Å². The lowest BCUT2D eigenvalue weighted by atomic mass is 10.0. The van der Waals surface area contributed by atoms with E-state index < -0.39 is 0 Å². The van der Waals surface area contributed by atoms with Gasteiger partial charge in [0.15, 0.2) is 0 Å². The molecule has 0 saturated heterocycles. The molecule has 6 nitrogen and oxygen atoms in total. The number of ether oxygens (including phenoxy) is 1. The molecule has 0 amide bonds. The van der Waals surface area contributed by atoms with Gasteiger partial charge in [-0.15, -0.1) is 0 Å². The van der Waals surface area contributed by atoms with Crippen LogP contribution in [0.4, 0.5) is 10.2 Å². The molecule has 0 radical (unpaired) electrons. The summed E-state index contributed by atoms with van der Waals surface area (Å²) in [5.74, 6) is 0.873. The highest BCUT2D eigenvalue weighted by Crippen LogP contribution is 2.42. The number of hydrogen-bond donors (Lipinski definition) is 3. The molecule has 0 spiro atoms. The van der Waals surface area contributed by atoms with Gasteiger partial charge in [0.05, 0.1) is 30.6 Å². The number of halogens is 1. The molecule has 0 saturated carbocycles. The fourth-order valence-corrected chi connectivity index (χ4v) is 4.37. The van der Waals surface area contributed by atoms with Gasteiger partial charge in [-0.25, -0.2) is 9.37 Å². The molecule has 3 rings (SSSR count). The van der Waals surface area contributed by atoms with E-state index in [0.29, 0.717) is 24.9 Å². The quantitative estimate of drug-likeness (QED) is 0.459. The molecule has 0 fully saturated rings. The van der Waals surface area contributed by atoms with Gasteiger partial charge in [0.25, 0.3) is 0 Å². The Kier molecular flexibility index (Phi) is 8.39. The zero-order chi connectivity index (χ0) is 23.3. The predicted molar refractivity (Wildman–Crippen MR) is 130 cm³/mol. The summed E-state index contributed by atoms with van der Waals surface area (Å²) in [7, 11) is 1.68. The van der Waals surface area contributed by atoms with Crippen molar-refractivity contribution in [1.82, 2.24) is 14.2 Å². The van der Waals surface area contributed by atoms with Crippen molar-refractivity contribution in [3.63, 3.8) is 0 Å². The van der Waals surface area contributed by atoms with E-state index in [2.05, 4.69) is 36.0 Å². The number of aromatic nitrogens is 1. The molecule has 1 unspecified atom stereocenters. The number of aliphatic hydroxyl groups excluding tert-OH is 1. The van der Waals surface area contributed by atoms with Crippen LogP contribution in [0.5, 0.6) is 0 Å². The van der Waals surface area contributed by atoms with Crippen molar-refractivity contribution in [3.8, 4) is 0 Å². The number of rotatable bonds is 10. The fourth-order valence-electron chi connectivity index (χ4n) is 4.03. The van der Waals surface area contributed by atoms with Gasteiger partial charge in [-0.05, 0) is 55.7 Å². The van der Waals surface area contributed by atoms with Gasteiger partial charge in [-0.2, -0.15) is 0 Å². The molecular weight excluding hydrogens is 427 g/mol. The Hall–Kier alpha value is -2.29. The Morgan fingerprint density at radius 2 is 1.91 bits per heavy atom. The van der Waals surface area contributed by atoms with Crippen molar-refractivity contribution < 1.29 is 14.2 Å². The minimum absolute atomic E-state index is 0.0285. The summed E-state index contributed by atoms with van der Waals surface area (Å²) in [5.41, 5.74) is 3.71. The van der Waals surface area contributed by atoms with Gasteiger partial charge < -0.3 is 20.1 Å². The van der Waals surface area contributed by atoms with E-state index in [0.717, 1.165) is 28.9 Å². The van der Waals surface area contributed by atoms with Gasteiger partial charge in [-0.1, -0.05) is 26.7 Å². The smallest absolute Gasteiger partial charge is 0.126 e. The summed E-state index contributed by atoms with van der Waals surface area (Å²) in [5, 5.41) is 13.1. The topological polar surface area (TPSA) is 60.9 Å². The van der Waals surface area contributed by atoms with E-state index in [9.17, 15) is 9.50 Å². The second-order valence-electron chi connectivity index (χ2n) is 8.45. The van der Waals surface area contributed by atoms with Gasteiger partial charge in [0, 0.05) is 31.0 Å². The van der Waals surface area contributed by atoms with Gasteiger partial charge >= 0.3 is 0 Å². The molecule has 8 heteroatoms. The molecule has 0 aliphatic carbocycles. The van der Waals surface area contributed by atoms with E-state index in [-0.39, 0.29) is 24.6 Å². The van der Waals surface area contributed by atoms with Crippen LogP contribution in [0.15, 0.2) is 42.6 Å². The fraction of sp³-hybridized carbons (Fsp3) is 0.458. The number of thiol groups is 1. The summed E-state index contributed by atoms with van der Waals surface area (Å²) in [6, 6.07) is 10.3. The first-order valence-corrected chi connectivity index (χ1v) is 11.3. The Morgan fingerprint density at radius 1 is 1.19 bits per heavy atom. The summed E-state index contributed by atoms with van der Waals surface area (Å²) < 4.78 is 20.8. The number of pyridine rings is 1. The van der Waals surface area contributed by atoms with Crippen LogP contribution in [0, 0.1) is 11.7 Å². The minimum atomic E-state index is -0.278. The standard InChI is InChI=1S/C24H33FN4O2S/c1-16(2)13-21(15-30)27-22-14-19(9-10-26-22)23-24(18-5-7-20(25)8-6-18)29(32)17(3)28(23)11-12-31-4/h5-10,14,16-17,21,30,32H,11-13,15H2,1-4H3,(H,26,27)/t17-,21?/m0/s1. The third kappa shape index (κ3) is 5.54. The molecule has 1 aliphatic rings. The summed E-state index contributed by atoms with van der Waals surface area (Å²) in [4.78, 5) is 6.70. The van der Waals surface area contributed by atoms with Crippen molar-refractivity contribution in [2.45, 2.75) is 39.4 Å². The number of hydrogen-bond acceptors (Lipinski definition) is 7. The molecule has 174 valence electrons. The maximum Gasteiger partial charge on any atom is 0.126 e. The van der Waals surface area contributed by atoms with Crippen LogP contribution >= 0.6 is 12.8 Å². The first-order chi connectivity index (χ1) is 15.3. The molecule has 0 bridgehead atoms. The van der Waals surface area contributed by atoms with Crippen LogP contribution < -0.4 is 5.32 Å². The minimum Gasteiger partial charge on any atom is -0.394 e. The lowest BCUT2D eigenvalue weighted by Crippen LogP contribution is -2.35. The van der Waals surface area contributed by atoms with E-state index >= 15 is 0 Å². The Bertz CT molecular complexity index is 922. The van der Waals surface area contributed by atoms with Crippen LogP contribution in [0.3, 0.4) is 0 Å². The molecule has 2 N–H and O–H groups in total. The maximum absolute atomic E-state index is 13.6. The number of benzene rings is 1. The zero-order valence-corrected chi connectivity index (χ0v) is 20.0. The van der Waals surface area contributed by atoms with Crippen LogP contribution in [0.2, 0.25) is 0 Å². The van der Waals surface area contributed by atoms with Crippen molar-refractivity contribution in [2.75, 3.05) is 32.2 Å². The first-order valence-electron chi connectivity index (χ1n) is 10.9. The molecule has 2 heterocycles. The SMILES string of the molecule is COCCN1C(c2ccnc(NC(CO)CC(C)C)c2)=C(c2ccc(F)cc2)N(S)[C@H]1C. The Balaban J connectivity index is 2.05. The largest absolute Gasteiger partial charge is 0.394 e. The summed E-state index contributed by atoms with van der Waals surface area (Å²) in [6.45, 7) is 7.60. The third-order valence-electron chi connectivity index (χ3n) is 5.56. The number of anilines is 1. The van der Waals surface area contributed by atoms with E-state index in [1.165, 1.54) is 12.1 Å². The van der Waals surface area contributed by atoms with E-state index in [1.807, 2.05) is 16.4 Å². The highest BCUT2D eigenvalue weighted by Gasteiger charge is 2.35. The molecule has 32 heavy (non-hydrogen) atoms. The second-order valence-corrected chi connectivity index (χ2v) is 8.88. The molecule has 2 aromatic rings. The monoisotopic (exact) mass is 460 g/mol. The number of nitrogens with zero attached hydrogens (tertiary/aromatic N) is 3. The van der Waals surface area contributed by atoms with Crippen molar-refractivity contribution in [3.05, 3.63) is 59.5 Å². The first kappa shape index (κ1) is 24.4. The number of aliphatic hydroxyl groups is 1. The normalized spacial score (nSPS) is 17.4. The highest BCUT2D eigenvalue weighted by atomic mass is 32.1. The average Bonchev–Trinajstić information content (AvgIpc) is 3.02. The van der Waals surface area contributed by atoms with Crippen LogP contribution in [0.25, 0.3) is 11.4 Å². The van der Waals surface area contributed by atoms with E-state index in [1.54, 1.807) is 25.4 Å². The summed E-state index contributed by atoms with van der Waals surface area (Å²) in [6.07, 6.45) is 2.57. The second kappa shape index (κ2) is 11.0. The Labute approximate surface area is 195 Å². The molecule has 1 aromatic heterocycles. The molecule has 2 atom stereocenters. The van der Waals surface area contributed by atoms with Crippen molar-refractivity contribution in [1.29, 1.82) is 0 Å². The van der Waals surface area contributed by atoms with E-state index in [4.69, 9.17) is 17.6 Å². The number of methoxy groups -OCH3 is 1. The van der Waals surface area contributed by atoms with Gasteiger partial charge in [0.2, 0.25) is 0 Å². The maximum atomic E-state index is 13.6. The van der Waals surface area contributed by atoms with Crippen LogP contribution in [-0.2, 0) is 4.74 Å². The molecular formula is C24H33FN4O2S. The number of nitrogens with one attached hydrogen (secondary N) is 1. The third-order valence-corrected chi connectivity index (χ3v) is 6.10. The van der Waals surface area contributed by atoms with Gasteiger partial charge in [0.1, 0.15) is 17.8 Å². The van der Waals surface area contributed by atoms with Gasteiger partial charge in [-0.3, -0.25) is 4.31 Å². The summed E-state index contributed by atoms with van der Waals surface area (Å²) >= 11 is 4.78. The van der Waals surface area contributed by atoms with Crippen LogP contribution in [-0.4, -0.2) is 58.4 Å². The lowest BCUT2D eigenvalue weighted by molar-refractivity contribution is 0.150. The lowest BCUT2D eigenvalue weighted by Gasteiger charge is -2.29. The Morgan fingerprint density at radius 3 is 2.53 bits per heavy atom. The molecule has 1 aromatic carbocycles. The van der Waals surface area contributed by atoms with Crippen LogP contribution in [0.1, 0.15) is 38.3 Å². The highest BCUT2D eigenvalue weighted by molar-refractivity contribution is 7.78. The average molecular weight is 461 g/mol.